The van der Waals surface area contributed by atoms with E-state index < -0.39 is 0 Å². The number of para-hydroxylation sites is 2. The number of carbonyl (C=O) groups is 1. The largest absolute Gasteiger partial charge is 0.355 e. The van der Waals surface area contributed by atoms with Gasteiger partial charge in [0, 0.05) is 32.2 Å². The summed E-state index contributed by atoms with van der Waals surface area (Å²) in [6.45, 7) is 5.91. The molecule has 162 valence electrons. The van der Waals surface area contributed by atoms with Gasteiger partial charge in [-0.2, -0.15) is 0 Å². The van der Waals surface area contributed by atoms with Gasteiger partial charge < -0.3 is 19.7 Å². The van der Waals surface area contributed by atoms with Crippen LogP contribution in [0.4, 0.5) is 5.95 Å². The molecule has 5 rings (SSSR count). The van der Waals surface area contributed by atoms with Crippen molar-refractivity contribution in [1.82, 2.24) is 19.8 Å². The molecule has 1 amide bonds. The van der Waals surface area contributed by atoms with Crippen LogP contribution in [0.2, 0.25) is 0 Å². The second-order valence-corrected chi connectivity index (χ2v) is 9.33. The lowest BCUT2D eigenvalue weighted by Crippen LogP contribution is -2.45. The van der Waals surface area contributed by atoms with Crippen LogP contribution in [0.3, 0.4) is 0 Å². The first-order chi connectivity index (χ1) is 14.8. The van der Waals surface area contributed by atoms with E-state index in [0.717, 1.165) is 50.5 Å². The summed E-state index contributed by atoms with van der Waals surface area (Å²) >= 11 is 0. The van der Waals surface area contributed by atoms with Crippen LogP contribution in [0.25, 0.3) is 11.0 Å². The van der Waals surface area contributed by atoms with E-state index in [1.54, 1.807) is 0 Å². The lowest BCUT2D eigenvalue weighted by atomic mass is 9.97. The van der Waals surface area contributed by atoms with Gasteiger partial charge in [0.25, 0.3) is 0 Å². The molecule has 0 bridgehead atoms. The van der Waals surface area contributed by atoms with Crippen molar-refractivity contribution in [2.45, 2.75) is 57.4 Å². The molecule has 1 aromatic heterocycles. The van der Waals surface area contributed by atoms with E-state index in [2.05, 4.69) is 43.9 Å². The maximum atomic E-state index is 12.9. The molecule has 1 saturated carbocycles. The first-order valence-electron chi connectivity index (χ1n) is 12.0. The van der Waals surface area contributed by atoms with E-state index in [-0.39, 0.29) is 11.8 Å². The van der Waals surface area contributed by atoms with Crippen molar-refractivity contribution >= 4 is 22.9 Å². The number of nitrogens with zero attached hydrogens (tertiary/aromatic N) is 4. The van der Waals surface area contributed by atoms with Gasteiger partial charge in [-0.05, 0) is 63.7 Å². The third-order valence-corrected chi connectivity index (χ3v) is 7.27. The zero-order chi connectivity index (χ0) is 20.3. The Morgan fingerprint density at radius 3 is 2.63 bits per heavy atom. The summed E-state index contributed by atoms with van der Waals surface area (Å²) < 4.78 is 2.48. The summed E-state index contributed by atoms with van der Waals surface area (Å²) in [6.07, 6.45) is 9.72. The van der Waals surface area contributed by atoms with Crippen molar-refractivity contribution in [3.63, 3.8) is 0 Å². The van der Waals surface area contributed by atoms with Gasteiger partial charge in [0.15, 0.2) is 0 Å². The highest BCUT2D eigenvalue weighted by Gasteiger charge is 2.31. The molecule has 0 spiro atoms. The fourth-order valence-corrected chi connectivity index (χ4v) is 5.64. The Bertz CT molecular complexity index is 866. The molecular weight excluding hydrogens is 374 g/mol. The van der Waals surface area contributed by atoms with Crippen LogP contribution in [0, 0.1) is 5.92 Å². The normalized spacial score (nSPS) is 23.5. The number of imidazole rings is 1. The Hall–Kier alpha value is -2.08. The van der Waals surface area contributed by atoms with Gasteiger partial charge in [-0.3, -0.25) is 4.79 Å². The molecule has 2 aliphatic heterocycles. The van der Waals surface area contributed by atoms with Crippen molar-refractivity contribution in [2.24, 2.45) is 5.92 Å². The summed E-state index contributed by atoms with van der Waals surface area (Å²) in [5.41, 5.74) is 2.33. The summed E-state index contributed by atoms with van der Waals surface area (Å²) in [5, 5.41) is 3.21. The van der Waals surface area contributed by atoms with E-state index in [9.17, 15) is 4.79 Å². The lowest BCUT2D eigenvalue weighted by Gasteiger charge is -2.34. The van der Waals surface area contributed by atoms with Crippen molar-refractivity contribution in [3.05, 3.63) is 24.3 Å². The van der Waals surface area contributed by atoms with E-state index in [4.69, 9.17) is 4.98 Å². The molecule has 1 N–H and O–H groups in total. The molecule has 6 nitrogen and oxygen atoms in total. The van der Waals surface area contributed by atoms with Gasteiger partial charge >= 0.3 is 0 Å². The quantitative estimate of drug-likeness (QED) is 0.792. The number of piperidine rings is 1. The zero-order valence-corrected chi connectivity index (χ0v) is 18.1. The Balaban J connectivity index is 1.29. The van der Waals surface area contributed by atoms with Gasteiger partial charge in [0.1, 0.15) is 0 Å². The van der Waals surface area contributed by atoms with Crippen LogP contribution >= 0.6 is 0 Å². The predicted octanol–water partition coefficient (Wildman–Crippen LogP) is 3.58. The number of likely N-dealkylation sites (tertiary alicyclic amines) is 1. The number of anilines is 1. The summed E-state index contributed by atoms with van der Waals surface area (Å²) in [5.74, 6) is 1.37. The first-order valence-corrected chi connectivity index (χ1v) is 12.0. The van der Waals surface area contributed by atoms with Gasteiger partial charge in [-0.1, -0.05) is 25.0 Å². The van der Waals surface area contributed by atoms with Crippen molar-refractivity contribution < 1.29 is 4.79 Å². The average Bonchev–Trinajstić information content (AvgIpc) is 3.53. The number of fused-ring (bicyclic) bond motifs is 1. The Morgan fingerprint density at radius 2 is 1.80 bits per heavy atom. The smallest absolute Gasteiger partial charge is 0.224 e. The molecular formula is C24H35N5O. The highest BCUT2D eigenvalue weighted by atomic mass is 16.1. The average molecular weight is 410 g/mol. The topological polar surface area (TPSA) is 53.4 Å². The standard InChI is InChI=1S/C24H35N5O/c30-23(25-13-17-27-14-5-6-15-27)19-8-7-16-28(18-19)24-26-21-11-3-4-12-22(21)29(24)20-9-1-2-10-20/h3-4,11-12,19-20H,1-2,5-10,13-18H2,(H,25,30)/t19-/m0/s1. The SMILES string of the molecule is O=C(NCCN1CCCC1)[C@H]1CCCN(c2nc3ccccc3n2C2CCCC2)C1. The maximum Gasteiger partial charge on any atom is 0.224 e. The Labute approximate surface area is 179 Å². The van der Waals surface area contributed by atoms with Gasteiger partial charge in [-0.25, -0.2) is 4.98 Å². The number of nitrogens with one attached hydrogen (secondary N) is 1. The van der Waals surface area contributed by atoms with E-state index >= 15 is 0 Å². The molecule has 1 atom stereocenters. The van der Waals surface area contributed by atoms with E-state index in [0.29, 0.717) is 6.04 Å². The molecule has 6 heteroatoms. The zero-order valence-electron chi connectivity index (χ0n) is 18.1. The number of rotatable bonds is 6. The highest BCUT2D eigenvalue weighted by molar-refractivity contribution is 5.81. The third kappa shape index (κ3) is 4.07. The fraction of sp³-hybridized carbons (Fsp3) is 0.667. The first kappa shape index (κ1) is 19.9. The molecule has 0 unspecified atom stereocenters. The predicted molar refractivity (Wildman–Crippen MR) is 121 cm³/mol. The van der Waals surface area contributed by atoms with Gasteiger partial charge in [0.05, 0.1) is 17.0 Å². The number of carbonyl (C=O) groups excluding carboxylic acids is 1. The van der Waals surface area contributed by atoms with E-state index in [1.807, 2.05) is 0 Å². The number of benzene rings is 1. The maximum absolute atomic E-state index is 12.9. The second-order valence-electron chi connectivity index (χ2n) is 9.33. The number of amides is 1. The minimum absolute atomic E-state index is 0.0640. The van der Waals surface area contributed by atoms with Crippen LogP contribution in [-0.4, -0.2) is 59.6 Å². The van der Waals surface area contributed by atoms with Crippen LogP contribution < -0.4 is 10.2 Å². The van der Waals surface area contributed by atoms with Crippen LogP contribution in [0.1, 0.15) is 57.4 Å². The van der Waals surface area contributed by atoms with E-state index in [1.165, 1.54) is 57.1 Å². The van der Waals surface area contributed by atoms with Crippen LogP contribution in [-0.2, 0) is 4.79 Å². The van der Waals surface area contributed by atoms with Gasteiger partial charge in [-0.15, -0.1) is 0 Å². The van der Waals surface area contributed by atoms with Crippen LogP contribution in [0.5, 0.6) is 0 Å². The number of aromatic nitrogens is 2. The molecule has 2 saturated heterocycles. The van der Waals surface area contributed by atoms with Crippen molar-refractivity contribution in [1.29, 1.82) is 0 Å². The molecule has 3 aliphatic rings. The minimum atomic E-state index is 0.0640. The molecule has 3 heterocycles. The van der Waals surface area contributed by atoms with Crippen molar-refractivity contribution in [3.8, 4) is 0 Å². The summed E-state index contributed by atoms with van der Waals surface area (Å²) in [6, 6.07) is 9.06. The van der Waals surface area contributed by atoms with Gasteiger partial charge in [0.2, 0.25) is 11.9 Å². The number of hydrogen-bond donors (Lipinski definition) is 1. The third-order valence-electron chi connectivity index (χ3n) is 7.27. The second kappa shape index (κ2) is 8.96. The van der Waals surface area contributed by atoms with Crippen molar-refractivity contribution in [2.75, 3.05) is 44.2 Å². The summed E-state index contributed by atoms with van der Waals surface area (Å²) in [7, 11) is 0. The lowest BCUT2D eigenvalue weighted by molar-refractivity contribution is -0.125. The Morgan fingerprint density at radius 1 is 1.00 bits per heavy atom. The summed E-state index contributed by atoms with van der Waals surface area (Å²) in [4.78, 5) is 22.8. The fourth-order valence-electron chi connectivity index (χ4n) is 5.64. The number of hydrogen-bond acceptors (Lipinski definition) is 4. The Kier molecular flexibility index (Phi) is 5.93. The molecule has 30 heavy (non-hydrogen) atoms. The molecule has 1 aliphatic carbocycles. The van der Waals surface area contributed by atoms with Crippen LogP contribution in [0.15, 0.2) is 24.3 Å². The molecule has 3 fully saturated rings. The molecule has 1 aromatic carbocycles. The highest BCUT2D eigenvalue weighted by Crippen LogP contribution is 2.37. The monoisotopic (exact) mass is 409 g/mol. The molecule has 2 aromatic rings. The molecule has 0 radical (unpaired) electrons. The minimum Gasteiger partial charge on any atom is -0.355 e.